The summed E-state index contributed by atoms with van der Waals surface area (Å²) in [6.45, 7) is 8.01. The lowest BCUT2D eigenvalue weighted by atomic mass is 10.1. The molecule has 0 bridgehead atoms. The second-order valence-electron chi connectivity index (χ2n) is 2.60. The minimum Gasteiger partial charge on any atom is -0.461 e. The number of hydrogen-bond acceptors (Lipinski definition) is 4. The monoisotopic (exact) mass is 174 g/mol. The molecule has 0 aromatic rings. The van der Waals surface area contributed by atoms with Crippen molar-refractivity contribution in [1.82, 2.24) is 6.15 Å². The summed E-state index contributed by atoms with van der Waals surface area (Å²) < 4.78 is 4.75. The first-order chi connectivity index (χ1) is 5.09. The van der Waals surface area contributed by atoms with E-state index in [-0.39, 0.29) is 24.6 Å². The van der Waals surface area contributed by atoms with E-state index in [0.29, 0.717) is 12.1 Å². The van der Waals surface area contributed by atoms with Crippen LogP contribution in [-0.2, 0) is 9.53 Å². The number of nitrogens with two attached hydrogens (primary N) is 1. The highest BCUT2D eigenvalue weighted by Gasteiger charge is 2.10. The van der Waals surface area contributed by atoms with Gasteiger partial charge in [-0.2, -0.15) is 0 Å². The number of hydrogen-bond donors (Lipinski definition) is 2. The van der Waals surface area contributed by atoms with Gasteiger partial charge in [-0.1, -0.05) is 20.4 Å². The quantitative estimate of drug-likeness (QED) is 0.489. The van der Waals surface area contributed by atoms with E-state index in [0.717, 1.165) is 0 Å². The van der Waals surface area contributed by atoms with Crippen LogP contribution in [0.1, 0.15) is 13.8 Å². The molecule has 4 nitrogen and oxygen atoms in total. The van der Waals surface area contributed by atoms with E-state index >= 15 is 0 Å². The van der Waals surface area contributed by atoms with E-state index in [1.165, 1.54) is 0 Å². The average Bonchev–Trinajstić information content (AvgIpc) is 1.98. The lowest BCUT2D eigenvalue weighted by Gasteiger charge is -2.07. The highest BCUT2D eigenvalue weighted by molar-refractivity contribution is 5.88. The summed E-state index contributed by atoms with van der Waals surface area (Å²) >= 11 is 0. The van der Waals surface area contributed by atoms with Crippen molar-refractivity contribution in [2.75, 3.05) is 13.2 Å². The zero-order valence-electron chi connectivity index (χ0n) is 7.80. The number of ether oxygens (including phenoxy) is 1. The van der Waals surface area contributed by atoms with Gasteiger partial charge in [-0.15, -0.1) is 0 Å². The van der Waals surface area contributed by atoms with E-state index < -0.39 is 0 Å². The van der Waals surface area contributed by atoms with Crippen molar-refractivity contribution in [2.24, 2.45) is 11.7 Å². The minimum atomic E-state index is -0.342. The Morgan fingerprint density at radius 2 is 2.08 bits per heavy atom. The maximum absolute atomic E-state index is 11.0. The van der Waals surface area contributed by atoms with Crippen LogP contribution in [0.3, 0.4) is 0 Å². The second kappa shape index (κ2) is 6.82. The number of rotatable bonds is 4. The van der Waals surface area contributed by atoms with Crippen LogP contribution in [0.5, 0.6) is 0 Å². The fourth-order valence-electron chi connectivity index (χ4n) is 0.480. The van der Waals surface area contributed by atoms with Crippen LogP contribution < -0.4 is 11.9 Å². The Morgan fingerprint density at radius 1 is 1.58 bits per heavy atom. The van der Waals surface area contributed by atoms with Crippen molar-refractivity contribution in [2.45, 2.75) is 13.8 Å². The van der Waals surface area contributed by atoms with Gasteiger partial charge in [0, 0.05) is 12.1 Å². The molecule has 0 radical (unpaired) electrons. The fraction of sp³-hybridized carbons (Fsp3) is 0.625. The topological polar surface area (TPSA) is 87.3 Å². The lowest BCUT2D eigenvalue weighted by Crippen LogP contribution is -2.16. The summed E-state index contributed by atoms with van der Waals surface area (Å²) in [5, 5.41) is 0. The van der Waals surface area contributed by atoms with Crippen molar-refractivity contribution in [3.63, 3.8) is 0 Å². The van der Waals surface area contributed by atoms with Gasteiger partial charge >= 0.3 is 5.97 Å². The molecule has 0 aliphatic carbocycles. The van der Waals surface area contributed by atoms with Crippen molar-refractivity contribution < 1.29 is 9.53 Å². The fourth-order valence-corrected chi connectivity index (χ4v) is 0.480. The first-order valence-electron chi connectivity index (χ1n) is 3.65. The first-order valence-corrected chi connectivity index (χ1v) is 3.65. The molecule has 0 heterocycles. The Balaban J connectivity index is 0. The van der Waals surface area contributed by atoms with E-state index in [4.69, 9.17) is 10.5 Å². The standard InChI is InChI=1S/C8H15NO2.H3N/c1-6(2)7(3)8(10)11-5-4-9;/h6H,3-5,9H2,1-2H3;1H3. The van der Waals surface area contributed by atoms with Gasteiger partial charge in [0.25, 0.3) is 0 Å². The van der Waals surface area contributed by atoms with Gasteiger partial charge in [0.15, 0.2) is 0 Å². The van der Waals surface area contributed by atoms with Crippen molar-refractivity contribution in [1.29, 1.82) is 0 Å². The Morgan fingerprint density at radius 3 is 2.42 bits per heavy atom. The first kappa shape index (κ1) is 13.7. The van der Waals surface area contributed by atoms with Gasteiger partial charge in [0.05, 0.1) is 0 Å². The third kappa shape index (κ3) is 4.87. The molecule has 0 saturated heterocycles. The summed E-state index contributed by atoms with van der Waals surface area (Å²) in [6, 6.07) is 0. The molecular weight excluding hydrogens is 156 g/mol. The zero-order chi connectivity index (χ0) is 8.85. The largest absolute Gasteiger partial charge is 0.461 e. The van der Waals surface area contributed by atoms with Crippen molar-refractivity contribution in [3.8, 4) is 0 Å². The third-order valence-corrected chi connectivity index (χ3v) is 1.31. The molecule has 0 atom stereocenters. The molecule has 0 aromatic carbocycles. The molecule has 0 unspecified atom stereocenters. The van der Waals surface area contributed by atoms with E-state index in [2.05, 4.69) is 6.58 Å². The Hall–Kier alpha value is -0.870. The molecule has 0 aliphatic heterocycles. The number of esters is 1. The maximum atomic E-state index is 11.0. The summed E-state index contributed by atoms with van der Waals surface area (Å²) in [4.78, 5) is 11.0. The van der Waals surface area contributed by atoms with Crippen molar-refractivity contribution >= 4 is 5.97 Å². The number of carbonyl (C=O) groups is 1. The van der Waals surface area contributed by atoms with Crippen LogP contribution in [0.2, 0.25) is 0 Å². The van der Waals surface area contributed by atoms with Crippen LogP contribution in [-0.4, -0.2) is 19.1 Å². The molecule has 0 rings (SSSR count). The van der Waals surface area contributed by atoms with Gasteiger partial charge in [0.2, 0.25) is 0 Å². The smallest absolute Gasteiger partial charge is 0.333 e. The summed E-state index contributed by atoms with van der Waals surface area (Å²) in [5.74, 6) is -0.203. The predicted molar refractivity (Wildman–Crippen MR) is 49.0 cm³/mol. The summed E-state index contributed by atoms with van der Waals surface area (Å²) in [6.07, 6.45) is 0. The molecule has 12 heavy (non-hydrogen) atoms. The van der Waals surface area contributed by atoms with Gasteiger partial charge in [-0.25, -0.2) is 4.79 Å². The Labute approximate surface area is 73.4 Å². The molecule has 0 aliphatic rings. The molecule has 0 saturated carbocycles. The molecule has 0 aromatic heterocycles. The van der Waals surface area contributed by atoms with Crippen LogP contribution >= 0.6 is 0 Å². The molecular formula is C8H18N2O2. The average molecular weight is 174 g/mol. The highest BCUT2D eigenvalue weighted by atomic mass is 16.5. The van der Waals surface area contributed by atoms with Crippen LogP contribution in [0.25, 0.3) is 0 Å². The SMILES string of the molecule is C=C(C(=O)OCCN)C(C)C.N. The maximum Gasteiger partial charge on any atom is 0.333 e. The normalized spacial score (nSPS) is 9.00. The van der Waals surface area contributed by atoms with Gasteiger partial charge < -0.3 is 16.6 Å². The Kier molecular flexibility index (Phi) is 7.78. The highest BCUT2D eigenvalue weighted by Crippen LogP contribution is 2.07. The lowest BCUT2D eigenvalue weighted by molar-refractivity contribution is -0.139. The van der Waals surface area contributed by atoms with E-state index in [9.17, 15) is 4.79 Å². The van der Waals surface area contributed by atoms with E-state index in [1.807, 2.05) is 13.8 Å². The molecule has 5 N–H and O–H groups in total. The van der Waals surface area contributed by atoms with Crippen LogP contribution in [0, 0.1) is 5.92 Å². The van der Waals surface area contributed by atoms with E-state index in [1.54, 1.807) is 0 Å². The minimum absolute atomic E-state index is 0. The predicted octanol–water partition coefficient (Wildman–Crippen LogP) is 0.862. The third-order valence-electron chi connectivity index (χ3n) is 1.31. The number of carbonyl (C=O) groups excluding carboxylic acids is 1. The van der Waals surface area contributed by atoms with Gasteiger partial charge in [-0.05, 0) is 5.92 Å². The second-order valence-corrected chi connectivity index (χ2v) is 2.60. The molecule has 72 valence electrons. The van der Waals surface area contributed by atoms with Crippen LogP contribution in [0.4, 0.5) is 0 Å². The molecule has 4 heteroatoms. The van der Waals surface area contributed by atoms with Gasteiger partial charge in [0.1, 0.15) is 6.61 Å². The summed E-state index contributed by atoms with van der Waals surface area (Å²) in [7, 11) is 0. The molecule has 0 spiro atoms. The molecule has 0 fully saturated rings. The summed E-state index contributed by atoms with van der Waals surface area (Å²) in [5.41, 5.74) is 5.64. The van der Waals surface area contributed by atoms with Gasteiger partial charge in [-0.3, -0.25) is 0 Å². The Bertz CT molecular complexity index is 155. The zero-order valence-corrected chi connectivity index (χ0v) is 7.80. The van der Waals surface area contributed by atoms with Crippen molar-refractivity contribution in [3.05, 3.63) is 12.2 Å². The molecule has 0 amide bonds. The van der Waals surface area contributed by atoms with Crippen LogP contribution in [0.15, 0.2) is 12.2 Å².